The molecule has 26 heavy (non-hydrogen) atoms. The standard InChI is InChI=1S/C23H15N3/c1-2-8-18-14-19(13-12-16(18)6-1)22-24-15-25-23(26-22)21-11-5-9-17-7-3-4-10-20(17)21/h1-15H. The topological polar surface area (TPSA) is 38.7 Å². The van der Waals surface area contributed by atoms with Gasteiger partial charge in [0.2, 0.25) is 0 Å². The summed E-state index contributed by atoms with van der Waals surface area (Å²) in [6.45, 7) is 0. The summed E-state index contributed by atoms with van der Waals surface area (Å²) in [5.41, 5.74) is 2.01. The molecular weight excluding hydrogens is 318 g/mol. The van der Waals surface area contributed by atoms with E-state index < -0.39 is 0 Å². The van der Waals surface area contributed by atoms with Crippen molar-refractivity contribution in [1.82, 2.24) is 15.0 Å². The zero-order valence-corrected chi connectivity index (χ0v) is 14.0. The number of hydrogen-bond donors (Lipinski definition) is 0. The molecule has 0 unspecified atom stereocenters. The lowest BCUT2D eigenvalue weighted by molar-refractivity contribution is 1.07. The first kappa shape index (κ1) is 14.7. The zero-order chi connectivity index (χ0) is 17.3. The minimum atomic E-state index is 0.689. The molecule has 5 rings (SSSR count). The summed E-state index contributed by atoms with van der Waals surface area (Å²) in [5.74, 6) is 1.38. The highest BCUT2D eigenvalue weighted by molar-refractivity contribution is 5.95. The van der Waals surface area contributed by atoms with Crippen molar-refractivity contribution in [3.05, 3.63) is 91.3 Å². The summed E-state index contributed by atoms with van der Waals surface area (Å²) in [6.07, 6.45) is 1.59. The van der Waals surface area contributed by atoms with Gasteiger partial charge >= 0.3 is 0 Å². The smallest absolute Gasteiger partial charge is 0.163 e. The highest BCUT2D eigenvalue weighted by Crippen LogP contribution is 2.27. The molecule has 1 heterocycles. The summed E-state index contributed by atoms with van der Waals surface area (Å²) in [5, 5.41) is 4.71. The van der Waals surface area contributed by atoms with Crippen LogP contribution >= 0.6 is 0 Å². The summed E-state index contributed by atoms with van der Waals surface area (Å²) in [6, 6.07) is 29.1. The van der Waals surface area contributed by atoms with Gasteiger partial charge in [0, 0.05) is 11.1 Å². The predicted octanol–water partition coefficient (Wildman–Crippen LogP) is 5.51. The number of hydrogen-bond acceptors (Lipinski definition) is 3. The maximum Gasteiger partial charge on any atom is 0.163 e. The van der Waals surface area contributed by atoms with Crippen LogP contribution in [0.5, 0.6) is 0 Å². The van der Waals surface area contributed by atoms with Crippen LogP contribution in [-0.4, -0.2) is 15.0 Å². The molecule has 5 aromatic rings. The molecule has 4 aromatic carbocycles. The van der Waals surface area contributed by atoms with Crippen molar-refractivity contribution in [3.63, 3.8) is 0 Å². The van der Waals surface area contributed by atoms with Gasteiger partial charge in [-0.1, -0.05) is 78.9 Å². The van der Waals surface area contributed by atoms with E-state index in [1.807, 2.05) is 30.3 Å². The summed E-state index contributed by atoms with van der Waals surface area (Å²) >= 11 is 0. The quantitative estimate of drug-likeness (QED) is 0.427. The molecule has 0 radical (unpaired) electrons. The minimum Gasteiger partial charge on any atom is -0.217 e. The Morgan fingerprint density at radius 3 is 2.19 bits per heavy atom. The van der Waals surface area contributed by atoms with Crippen LogP contribution in [0, 0.1) is 0 Å². The van der Waals surface area contributed by atoms with Gasteiger partial charge in [0.25, 0.3) is 0 Å². The van der Waals surface area contributed by atoms with E-state index in [9.17, 15) is 0 Å². The van der Waals surface area contributed by atoms with E-state index in [0.29, 0.717) is 11.6 Å². The van der Waals surface area contributed by atoms with Crippen molar-refractivity contribution in [1.29, 1.82) is 0 Å². The van der Waals surface area contributed by atoms with Gasteiger partial charge in [0.15, 0.2) is 11.6 Å². The van der Waals surface area contributed by atoms with Gasteiger partial charge in [-0.15, -0.1) is 0 Å². The molecule has 0 saturated heterocycles. The second kappa shape index (κ2) is 6.05. The lowest BCUT2D eigenvalue weighted by Gasteiger charge is -2.07. The fraction of sp³-hybridized carbons (Fsp3) is 0. The molecule has 0 bridgehead atoms. The number of rotatable bonds is 2. The van der Waals surface area contributed by atoms with Crippen LogP contribution in [0.25, 0.3) is 44.3 Å². The van der Waals surface area contributed by atoms with Gasteiger partial charge in [-0.05, 0) is 27.6 Å². The Labute approximate surface area is 151 Å². The SMILES string of the molecule is c1ccc2cc(-c3ncnc(-c4cccc5ccccc45)n3)ccc2c1. The molecule has 0 amide bonds. The van der Waals surface area contributed by atoms with Crippen LogP contribution in [0.3, 0.4) is 0 Å². The van der Waals surface area contributed by atoms with E-state index in [-0.39, 0.29) is 0 Å². The molecule has 0 fully saturated rings. The monoisotopic (exact) mass is 333 g/mol. The van der Waals surface area contributed by atoms with E-state index in [1.165, 1.54) is 16.2 Å². The van der Waals surface area contributed by atoms with Gasteiger partial charge in [-0.2, -0.15) is 0 Å². The van der Waals surface area contributed by atoms with Gasteiger partial charge in [-0.3, -0.25) is 0 Å². The average Bonchev–Trinajstić information content (AvgIpc) is 2.73. The van der Waals surface area contributed by atoms with Crippen molar-refractivity contribution in [2.24, 2.45) is 0 Å². The van der Waals surface area contributed by atoms with E-state index in [2.05, 4.69) is 64.6 Å². The highest BCUT2D eigenvalue weighted by atomic mass is 15.0. The van der Waals surface area contributed by atoms with Crippen molar-refractivity contribution in [3.8, 4) is 22.8 Å². The fourth-order valence-electron chi connectivity index (χ4n) is 3.31. The number of benzene rings is 4. The number of aromatic nitrogens is 3. The molecule has 0 saturated carbocycles. The first-order valence-electron chi connectivity index (χ1n) is 8.55. The van der Waals surface area contributed by atoms with Crippen LogP contribution in [0.4, 0.5) is 0 Å². The van der Waals surface area contributed by atoms with Crippen LogP contribution in [0.1, 0.15) is 0 Å². The molecule has 122 valence electrons. The lowest BCUT2D eigenvalue weighted by Crippen LogP contribution is -1.95. The Bertz CT molecular complexity index is 1240. The Kier molecular flexibility index (Phi) is 3.42. The maximum atomic E-state index is 4.75. The Morgan fingerprint density at radius 1 is 0.538 bits per heavy atom. The van der Waals surface area contributed by atoms with Gasteiger partial charge < -0.3 is 0 Å². The predicted molar refractivity (Wildman–Crippen MR) is 106 cm³/mol. The van der Waals surface area contributed by atoms with Crippen LogP contribution in [0.15, 0.2) is 91.3 Å². The van der Waals surface area contributed by atoms with Crippen LogP contribution in [0.2, 0.25) is 0 Å². The molecule has 0 spiro atoms. The third kappa shape index (κ3) is 2.50. The number of nitrogens with zero attached hydrogens (tertiary/aromatic N) is 3. The summed E-state index contributed by atoms with van der Waals surface area (Å²) in [7, 11) is 0. The van der Waals surface area contributed by atoms with Crippen LogP contribution in [-0.2, 0) is 0 Å². The number of fused-ring (bicyclic) bond motifs is 2. The molecule has 0 N–H and O–H groups in total. The molecular formula is C23H15N3. The molecule has 3 heteroatoms. The van der Waals surface area contributed by atoms with Crippen molar-refractivity contribution in [2.45, 2.75) is 0 Å². The average molecular weight is 333 g/mol. The second-order valence-corrected chi connectivity index (χ2v) is 6.22. The van der Waals surface area contributed by atoms with Gasteiger partial charge in [-0.25, -0.2) is 15.0 Å². The highest BCUT2D eigenvalue weighted by Gasteiger charge is 2.09. The summed E-state index contributed by atoms with van der Waals surface area (Å²) in [4.78, 5) is 13.6. The molecule has 0 atom stereocenters. The summed E-state index contributed by atoms with van der Waals surface area (Å²) < 4.78 is 0. The Balaban J connectivity index is 1.66. The first-order valence-corrected chi connectivity index (χ1v) is 8.55. The van der Waals surface area contributed by atoms with E-state index >= 15 is 0 Å². The van der Waals surface area contributed by atoms with Crippen molar-refractivity contribution < 1.29 is 0 Å². The Hall–Kier alpha value is -3.59. The van der Waals surface area contributed by atoms with E-state index in [4.69, 9.17) is 4.98 Å². The molecule has 3 nitrogen and oxygen atoms in total. The normalized spacial score (nSPS) is 11.1. The van der Waals surface area contributed by atoms with Gasteiger partial charge in [0.05, 0.1) is 0 Å². The van der Waals surface area contributed by atoms with Crippen molar-refractivity contribution >= 4 is 21.5 Å². The second-order valence-electron chi connectivity index (χ2n) is 6.22. The Morgan fingerprint density at radius 2 is 1.27 bits per heavy atom. The zero-order valence-electron chi connectivity index (χ0n) is 14.0. The lowest BCUT2D eigenvalue weighted by atomic mass is 10.0. The van der Waals surface area contributed by atoms with E-state index in [0.717, 1.165) is 16.5 Å². The molecule has 0 aliphatic rings. The van der Waals surface area contributed by atoms with Crippen molar-refractivity contribution in [2.75, 3.05) is 0 Å². The fourth-order valence-corrected chi connectivity index (χ4v) is 3.31. The van der Waals surface area contributed by atoms with Crippen LogP contribution < -0.4 is 0 Å². The molecule has 0 aliphatic heterocycles. The molecule has 0 aliphatic carbocycles. The maximum absolute atomic E-state index is 4.75. The third-order valence-corrected chi connectivity index (χ3v) is 4.61. The third-order valence-electron chi connectivity index (χ3n) is 4.61. The minimum absolute atomic E-state index is 0.689. The largest absolute Gasteiger partial charge is 0.217 e. The van der Waals surface area contributed by atoms with Gasteiger partial charge in [0.1, 0.15) is 6.33 Å². The first-order chi connectivity index (χ1) is 12.9. The molecule has 1 aromatic heterocycles. The van der Waals surface area contributed by atoms with E-state index in [1.54, 1.807) is 6.33 Å².